The number of rotatable bonds is 3. The van der Waals surface area contributed by atoms with Crippen LogP contribution in [0.5, 0.6) is 11.6 Å². The van der Waals surface area contributed by atoms with Gasteiger partial charge in [0, 0.05) is 18.4 Å². The van der Waals surface area contributed by atoms with Gasteiger partial charge in [0.15, 0.2) is 0 Å². The summed E-state index contributed by atoms with van der Waals surface area (Å²) in [6, 6.07) is 9.20. The first-order chi connectivity index (χ1) is 9.28. The zero-order valence-corrected chi connectivity index (χ0v) is 10.6. The maximum atomic E-state index is 5.78. The Kier molecular flexibility index (Phi) is 2.79. The largest absolute Gasteiger partial charge is 0.438 e. The van der Waals surface area contributed by atoms with Gasteiger partial charge in [-0.2, -0.15) is 0 Å². The summed E-state index contributed by atoms with van der Waals surface area (Å²) in [6.07, 6.45) is 3.50. The van der Waals surface area contributed by atoms with Crippen molar-refractivity contribution in [3.05, 3.63) is 42.9 Å². The molecule has 3 rings (SSSR count). The Morgan fingerprint density at radius 2 is 1.95 bits per heavy atom. The van der Waals surface area contributed by atoms with Gasteiger partial charge in [0.05, 0.1) is 5.39 Å². The third-order valence-corrected chi connectivity index (χ3v) is 2.95. The lowest BCUT2D eigenvalue weighted by atomic mass is 10.3. The van der Waals surface area contributed by atoms with Crippen LogP contribution in [0, 0.1) is 0 Å². The van der Waals surface area contributed by atoms with Gasteiger partial charge in [0.25, 0.3) is 0 Å². The Balaban J connectivity index is 2.01. The molecule has 0 saturated carbocycles. The predicted molar refractivity (Wildman–Crippen MR) is 74.1 cm³/mol. The van der Waals surface area contributed by atoms with Crippen LogP contribution in [0.1, 0.15) is 6.92 Å². The first-order valence-electron chi connectivity index (χ1n) is 6.11. The Morgan fingerprint density at radius 1 is 1.16 bits per heavy atom. The summed E-state index contributed by atoms with van der Waals surface area (Å²) in [5.41, 5.74) is 7.23. The average molecular weight is 254 g/mol. The van der Waals surface area contributed by atoms with E-state index in [1.807, 2.05) is 29.0 Å². The number of aromatic nitrogens is 3. The van der Waals surface area contributed by atoms with Crippen molar-refractivity contribution in [2.45, 2.75) is 13.5 Å². The lowest BCUT2D eigenvalue weighted by molar-refractivity contribution is 0.468. The highest BCUT2D eigenvalue weighted by molar-refractivity contribution is 5.81. The number of anilines is 1. The SMILES string of the molecule is CCn1ccc2c(Oc3ccc(N)cc3)ncnc21. The molecule has 3 aromatic rings. The molecule has 2 heterocycles. The van der Waals surface area contributed by atoms with Crippen LogP contribution < -0.4 is 10.5 Å². The molecule has 0 aliphatic rings. The molecule has 5 nitrogen and oxygen atoms in total. The molecule has 2 N–H and O–H groups in total. The Hall–Kier alpha value is -2.56. The molecule has 0 fully saturated rings. The molecule has 0 atom stereocenters. The van der Waals surface area contributed by atoms with E-state index < -0.39 is 0 Å². The van der Waals surface area contributed by atoms with Gasteiger partial charge in [0.1, 0.15) is 17.7 Å². The van der Waals surface area contributed by atoms with E-state index in [2.05, 4.69) is 16.9 Å². The van der Waals surface area contributed by atoms with Gasteiger partial charge in [-0.05, 0) is 37.3 Å². The van der Waals surface area contributed by atoms with E-state index in [-0.39, 0.29) is 0 Å². The average Bonchev–Trinajstić information content (AvgIpc) is 2.85. The normalized spacial score (nSPS) is 10.8. The third kappa shape index (κ3) is 2.10. The van der Waals surface area contributed by atoms with Crippen molar-refractivity contribution in [1.29, 1.82) is 0 Å². The topological polar surface area (TPSA) is 66.0 Å². The number of aryl methyl sites for hydroxylation is 1. The van der Waals surface area contributed by atoms with Crippen LogP contribution in [0.3, 0.4) is 0 Å². The fourth-order valence-electron chi connectivity index (χ4n) is 1.96. The van der Waals surface area contributed by atoms with E-state index >= 15 is 0 Å². The first kappa shape index (κ1) is 11.5. The van der Waals surface area contributed by atoms with Crippen molar-refractivity contribution < 1.29 is 4.74 Å². The summed E-state index contributed by atoms with van der Waals surface area (Å²) >= 11 is 0. The quantitative estimate of drug-likeness (QED) is 0.730. The number of hydrogen-bond acceptors (Lipinski definition) is 4. The zero-order chi connectivity index (χ0) is 13.2. The first-order valence-corrected chi connectivity index (χ1v) is 6.11. The second kappa shape index (κ2) is 4.61. The molecule has 2 aromatic heterocycles. The molecule has 0 aliphatic heterocycles. The lowest BCUT2D eigenvalue weighted by Gasteiger charge is -2.06. The summed E-state index contributed by atoms with van der Waals surface area (Å²) in [7, 11) is 0. The van der Waals surface area contributed by atoms with Crippen LogP contribution in [0.2, 0.25) is 0 Å². The summed E-state index contributed by atoms with van der Waals surface area (Å²) in [5, 5.41) is 0.904. The minimum absolute atomic E-state index is 0.557. The molecular weight excluding hydrogens is 240 g/mol. The van der Waals surface area contributed by atoms with Gasteiger partial charge in [-0.15, -0.1) is 0 Å². The fraction of sp³-hybridized carbons (Fsp3) is 0.143. The van der Waals surface area contributed by atoms with E-state index in [4.69, 9.17) is 10.5 Å². The molecule has 96 valence electrons. The molecule has 0 aliphatic carbocycles. The number of nitrogens with zero attached hydrogens (tertiary/aromatic N) is 3. The van der Waals surface area contributed by atoms with Crippen molar-refractivity contribution in [1.82, 2.24) is 14.5 Å². The van der Waals surface area contributed by atoms with Crippen LogP contribution in [-0.2, 0) is 6.54 Å². The van der Waals surface area contributed by atoms with Gasteiger partial charge in [-0.3, -0.25) is 0 Å². The van der Waals surface area contributed by atoms with Crippen molar-refractivity contribution in [3.63, 3.8) is 0 Å². The van der Waals surface area contributed by atoms with Crippen molar-refractivity contribution >= 4 is 16.7 Å². The smallest absolute Gasteiger partial charge is 0.231 e. The van der Waals surface area contributed by atoms with Crippen LogP contribution in [0.25, 0.3) is 11.0 Å². The van der Waals surface area contributed by atoms with E-state index in [0.29, 0.717) is 17.3 Å². The maximum Gasteiger partial charge on any atom is 0.231 e. The van der Waals surface area contributed by atoms with Crippen LogP contribution >= 0.6 is 0 Å². The van der Waals surface area contributed by atoms with E-state index in [1.165, 1.54) is 6.33 Å². The molecule has 19 heavy (non-hydrogen) atoms. The standard InChI is InChI=1S/C14H14N4O/c1-2-18-8-7-12-13(18)16-9-17-14(12)19-11-5-3-10(15)4-6-11/h3-9H,2,15H2,1H3. The highest BCUT2D eigenvalue weighted by Crippen LogP contribution is 2.27. The molecule has 0 saturated heterocycles. The number of benzene rings is 1. The summed E-state index contributed by atoms with van der Waals surface area (Å²) in [6.45, 7) is 2.93. The minimum Gasteiger partial charge on any atom is -0.438 e. The van der Waals surface area contributed by atoms with Crippen molar-refractivity contribution in [2.24, 2.45) is 0 Å². The molecular formula is C14H14N4O. The second-order valence-corrected chi connectivity index (χ2v) is 4.19. The molecule has 1 aromatic carbocycles. The molecule has 0 spiro atoms. The number of nitrogen functional groups attached to an aromatic ring is 1. The lowest BCUT2D eigenvalue weighted by Crippen LogP contribution is -1.95. The number of ether oxygens (including phenoxy) is 1. The van der Waals surface area contributed by atoms with Gasteiger partial charge in [-0.1, -0.05) is 0 Å². The van der Waals surface area contributed by atoms with E-state index in [9.17, 15) is 0 Å². The van der Waals surface area contributed by atoms with E-state index in [1.54, 1.807) is 12.1 Å². The summed E-state index contributed by atoms with van der Waals surface area (Å²) in [5.74, 6) is 1.26. The van der Waals surface area contributed by atoms with Crippen LogP contribution in [0.4, 0.5) is 5.69 Å². The minimum atomic E-state index is 0.557. The Labute approximate surface area is 110 Å². The molecule has 0 bridgehead atoms. The van der Waals surface area contributed by atoms with Gasteiger partial charge >= 0.3 is 0 Å². The highest BCUT2D eigenvalue weighted by atomic mass is 16.5. The molecule has 0 unspecified atom stereocenters. The van der Waals surface area contributed by atoms with Crippen LogP contribution in [-0.4, -0.2) is 14.5 Å². The monoisotopic (exact) mass is 254 g/mol. The second-order valence-electron chi connectivity index (χ2n) is 4.19. The van der Waals surface area contributed by atoms with Crippen molar-refractivity contribution in [2.75, 3.05) is 5.73 Å². The number of nitrogens with two attached hydrogens (primary N) is 1. The van der Waals surface area contributed by atoms with Gasteiger partial charge in [-0.25, -0.2) is 9.97 Å². The highest BCUT2D eigenvalue weighted by Gasteiger charge is 2.09. The molecule has 0 amide bonds. The fourth-order valence-corrected chi connectivity index (χ4v) is 1.96. The molecule has 5 heteroatoms. The number of fused-ring (bicyclic) bond motifs is 1. The Morgan fingerprint density at radius 3 is 2.68 bits per heavy atom. The van der Waals surface area contributed by atoms with Gasteiger partial charge in [0.2, 0.25) is 5.88 Å². The van der Waals surface area contributed by atoms with Crippen LogP contribution in [0.15, 0.2) is 42.9 Å². The maximum absolute atomic E-state index is 5.78. The summed E-state index contributed by atoms with van der Waals surface area (Å²) < 4.78 is 7.83. The number of hydrogen-bond donors (Lipinski definition) is 1. The zero-order valence-electron chi connectivity index (χ0n) is 10.6. The summed E-state index contributed by atoms with van der Waals surface area (Å²) in [4.78, 5) is 8.47. The van der Waals surface area contributed by atoms with Gasteiger partial charge < -0.3 is 15.0 Å². The third-order valence-electron chi connectivity index (χ3n) is 2.95. The van der Waals surface area contributed by atoms with Crippen molar-refractivity contribution in [3.8, 4) is 11.6 Å². The molecule has 0 radical (unpaired) electrons. The van der Waals surface area contributed by atoms with E-state index in [0.717, 1.165) is 17.6 Å². The predicted octanol–water partition coefficient (Wildman–Crippen LogP) is 2.83. The Bertz CT molecular complexity index is 703.